The van der Waals surface area contributed by atoms with Gasteiger partial charge in [-0.2, -0.15) is 0 Å². The Bertz CT molecular complexity index is 1160. The molecule has 6 aliphatic rings. The van der Waals surface area contributed by atoms with Crippen LogP contribution in [-0.4, -0.2) is 65.7 Å². The van der Waals surface area contributed by atoms with Crippen molar-refractivity contribution in [3.63, 3.8) is 0 Å². The topological polar surface area (TPSA) is 62.2 Å². The maximum Gasteiger partial charge on any atom is 0.222 e. The third-order valence-corrected chi connectivity index (χ3v) is 12.6. The van der Waals surface area contributed by atoms with E-state index < -0.39 is 0 Å². The molecule has 2 aliphatic heterocycles. The normalized spacial score (nSPS) is 31.4. The maximum absolute atomic E-state index is 14.1. The first-order valence-corrected chi connectivity index (χ1v) is 18.2. The fourth-order valence-corrected chi connectivity index (χ4v) is 10.3. The molecule has 1 amide bonds. The molecule has 1 aromatic rings. The predicted molar refractivity (Wildman–Crippen MR) is 170 cm³/mol. The van der Waals surface area contributed by atoms with E-state index in [2.05, 4.69) is 16.7 Å². The molecule has 1 N–H and O–H groups in total. The standard InChI is InChI=1S/C37H56N2O4/c1-3-4-10-20-39(33(41)14-9-8-13-25-11-6-5-7-12-25)29-18-17-28-30-22-27-31(40)23-32(42-2)35-34(27)37(28,36(29)43-35)19-21-38(30)24-26-15-16-26/h23,25-26,28-30,36,40H,3-22,24H2,1-2H3/t28-,29-,30+,36-,37-/m0/s1. The summed E-state index contributed by atoms with van der Waals surface area (Å²) in [7, 11) is 1.69. The van der Waals surface area contributed by atoms with Gasteiger partial charge >= 0.3 is 0 Å². The number of nitrogens with zero attached hydrogens (tertiary/aromatic N) is 2. The lowest BCUT2D eigenvalue weighted by Crippen LogP contribution is -2.69. The molecule has 238 valence electrons. The predicted octanol–water partition coefficient (Wildman–Crippen LogP) is 7.38. The zero-order valence-electron chi connectivity index (χ0n) is 27.0. The van der Waals surface area contributed by atoms with Crippen LogP contribution in [0, 0.1) is 17.8 Å². The van der Waals surface area contributed by atoms with Crippen LogP contribution in [0.1, 0.15) is 127 Å². The van der Waals surface area contributed by atoms with E-state index in [0.29, 0.717) is 35.8 Å². The van der Waals surface area contributed by atoms with E-state index in [9.17, 15) is 9.90 Å². The second kappa shape index (κ2) is 12.4. The summed E-state index contributed by atoms with van der Waals surface area (Å²) in [6.07, 6.45) is 21.3. The van der Waals surface area contributed by atoms with Crippen LogP contribution in [0.2, 0.25) is 0 Å². The highest BCUT2D eigenvalue weighted by Gasteiger charge is 2.67. The highest BCUT2D eigenvalue weighted by atomic mass is 16.5. The summed E-state index contributed by atoms with van der Waals surface area (Å²) >= 11 is 0. The van der Waals surface area contributed by atoms with Crippen molar-refractivity contribution in [1.82, 2.24) is 9.80 Å². The number of carbonyl (C=O) groups is 1. The molecular weight excluding hydrogens is 536 g/mol. The Morgan fingerprint density at radius 2 is 1.91 bits per heavy atom. The van der Waals surface area contributed by atoms with Gasteiger partial charge in [0.1, 0.15) is 11.9 Å². The van der Waals surface area contributed by atoms with Gasteiger partial charge in [-0.05, 0) is 75.7 Å². The third-order valence-electron chi connectivity index (χ3n) is 12.6. The molecule has 5 atom stereocenters. The van der Waals surface area contributed by atoms with Crippen LogP contribution in [0.5, 0.6) is 17.2 Å². The quantitative estimate of drug-likeness (QED) is 0.242. The summed E-state index contributed by atoms with van der Waals surface area (Å²) < 4.78 is 12.9. The molecule has 7 rings (SSSR count). The number of phenols is 1. The molecule has 6 nitrogen and oxygen atoms in total. The Hall–Kier alpha value is -1.95. The number of methoxy groups -OCH3 is 1. The summed E-state index contributed by atoms with van der Waals surface area (Å²) in [6, 6.07) is 2.32. The van der Waals surface area contributed by atoms with Gasteiger partial charge in [-0.15, -0.1) is 0 Å². The first-order chi connectivity index (χ1) is 21.0. The molecule has 1 saturated heterocycles. The fourth-order valence-electron chi connectivity index (χ4n) is 10.3. The third kappa shape index (κ3) is 5.36. The van der Waals surface area contributed by atoms with Crippen LogP contribution in [-0.2, 0) is 16.6 Å². The van der Waals surface area contributed by atoms with Gasteiger partial charge < -0.3 is 19.5 Å². The number of aromatic hydroxyl groups is 1. The molecule has 0 radical (unpaired) electrons. The molecular formula is C37H56N2O4. The van der Waals surface area contributed by atoms with E-state index in [1.165, 1.54) is 69.9 Å². The number of likely N-dealkylation sites (tertiary alicyclic amines) is 1. The van der Waals surface area contributed by atoms with Crippen molar-refractivity contribution in [3.05, 3.63) is 17.2 Å². The molecule has 2 bridgehead atoms. The number of benzene rings is 1. The van der Waals surface area contributed by atoms with Gasteiger partial charge in [0.15, 0.2) is 11.5 Å². The first kappa shape index (κ1) is 29.7. The summed E-state index contributed by atoms with van der Waals surface area (Å²) in [5.41, 5.74) is 2.18. The lowest BCUT2D eigenvalue weighted by atomic mass is 9.50. The highest BCUT2D eigenvalue weighted by Crippen LogP contribution is 2.66. The summed E-state index contributed by atoms with van der Waals surface area (Å²) in [4.78, 5) is 19.2. The minimum Gasteiger partial charge on any atom is -0.508 e. The number of hydrogen-bond donors (Lipinski definition) is 1. The summed E-state index contributed by atoms with van der Waals surface area (Å²) in [6.45, 7) is 5.37. The van der Waals surface area contributed by atoms with Gasteiger partial charge in [-0.25, -0.2) is 0 Å². The fraction of sp³-hybridized carbons (Fsp3) is 0.811. The molecule has 1 aromatic carbocycles. The molecule has 4 fully saturated rings. The molecule has 4 aliphatic carbocycles. The van der Waals surface area contributed by atoms with Gasteiger partial charge in [0.2, 0.25) is 5.91 Å². The number of piperidine rings is 1. The molecule has 43 heavy (non-hydrogen) atoms. The number of hydrogen-bond acceptors (Lipinski definition) is 5. The van der Waals surface area contributed by atoms with E-state index in [1.807, 2.05) is 0 Å². The Morgan fingerprint density at radius 3 is 2.67 bits per heavy atom. The number of amides is 1. The SMILES string of the molecule is CCCCCN(C(=O)CCCCC1CCCCC1)[C@H]1CC[C@H]2[C@H]3Cc4c(O)cc(OC)c5c4[C@@]2(CCN3CC2CC2)[C@H]1O5. The largest absolute Gasteiger partial charge is 0.508 e. The van der Waals surface area contributed by atoms with E-state index in [-0.39, 0.29) is 17.6 Å². The van der Waals surface area contributed by atoms with E-state index >= 15 is 0 Å². The van der Waals surface area contributed by atoms with Crippen LogP contribution in [0.4, 0.5) is 0 Å². The van der Waals surface area contributed by atoms with Crippen molar-refractivity contribution in [2.75, 3.05) is 26.7 Å². The summed E-state index contributed by atoms with van der Waals surface area (Å²) in [5, 5.41) is 11.3. The zero-order valence-corrected chi connectivity index (χ0v) is 27.0. The monoisotopic (exact) mass is 592 g/mol. The Balaban J connectivity index is 1.16. The second-order valence-electron chi connectivity index (χ2n) is 15.1. The van der Waals surface area contributed by atoms with Crippen molar-refractivity contribution >= 4 is 5.91 Å². The van der Waals surface area contributed by atoms with Crippen molar-refractivity contribution in [2.45, 2.75) is 146 Å². The molecule has 1 spiro atoms. The van der Waals surface area contributed by atoms with Crippen molar-refractivity contribution < 1.29 is 19.4 Å². The molecule has 0 unspecified atom stereocenters. The van der Waals surface area contributed by atoms with Crippen LogP contribution in [0.3, 0.4) is 0 Å². The highest BCUT2D eigenvalue weighted by molar-refractivity contribution is 5.77. The van der Waals surface area contributed by atoms with Crippen molar-refractivity contribution in [2.24, 2.45) is 17.8 Å². The average Bonchev–Trinajstić information content (AvgIpc) is 3.78. The lowest BCUT2D eigenvalue weighted by Gasteiger charge is -2.60. The number of rotatable bonds is 13. The van der Waals surface area contributed by atoms with Crippen LogP contribution in [0.15, 0.2) is 6.07 Å². The number of ether oxygens (including phenoxy) is 2. The number of unbranched alkanes of at least 4 members (excludes halogenated alkanes) is 3. The van der Waals surface area contributed by atoms with Gasteiger partial charge in [0.25, 0.3) is 0 Å². The van der Waals surface area contributed by atoms with Crippen LogP contribution >= 0.6 is 0 Å². The molecule has 0 aromatic heterocycles. The van der Waals surface area contributed by atoms with E-state index in [4.69, 9.17) is 9.47 Å². The number of phenolic OH excluding ortho intramolecular Hbond substituents is 1. The second-order valence-corrected chi connectivity index (χ2v) is 15.1. The smallest absolute Gasteiger partial charge is 0.222 e. The average molecular weight is 593 g/mol. The maximum atomic E-state index is 14.1. The Morgan fingerprint density at radius 1 is 1.07 bits per heavy atom. The van der Waals surface area contributed by atoms with Gasteiger partial charge in [0, 0.05) is 48.2 Å². The summed E-state index contributed by atoms with van der Waals surface area (Å²) in [5.74, 6) is 4.47. The minimum atomic E-state index is -0.146. The minimum absolute atomic E-state index is 0.0607. The van der Waals surface area contributed by atoms with Crippen molar-refractivity contribution in [1.29, 1.82) is 0 Å². The molecule has 3 saturated carbocycles. The molecule has 2 heterocycles. The van der Waals surface area contributed by atoms with Crippen LogP contribution < -0.4 is 9.47 Å². The van der Waals surface area contributed by atoms with Crippen LogP contribution in [0.25, 0.3) is 0 Å². The zero-order chi connectivity index (χ0) is 29.6. The van der Waals surface area contributed by atoms with Crippen molar-refractivity contribution in [3.8, 4) is 17.2 Å². The van der Waals surface area contributed by atoms with Gasteiger partial charge in [0.05, 0.1) is 13.2 Å². The first-order valence-electron chi connectivity index (χ1n) is 18.2. The Kier molecular flexibility index (Phi) is 8.61. The number of carbonyl (C=O) groups excluding carboxylic acids is 1. The lowest BCUT2D eigenvalue weighted by molar-refractivity contribution is -0.143. The van der Waals surface area contributed by atoms with Gasteiger partial charge in [-0.3, -0.25) is 9.69 Å². The molecule has 6 heteroatoms. The Labute approximate surface area is 259 Å². The van der Waals surface area contributed by atoms with Gasteiger partial charge in [-0.1, -0.05) is 64.7 Å². The van der Waals surface area contributed by atoms with E-state index in [0.717, 1.165) is 87.6 Å². The van der Waals surface area contributed by atoms with E-state index in [1.54, 1.807) is 13.2 Å².